The smallest absolute Gasteiger partial charge is 0.486 e. The van der Waals surface area contributed by atoms with Crippen LogP contribution in [0.1, 0.15) is 11.4 Å². The second-order valence-electron chi connectivity index (χ2n) is 6.40. The highest BCUT2D eigenvalue weighted by Gasteiger charge is 2.30. The molecule has 0 aliphatic rings. The minimum Gasteiger partial charge on any atom is -0.486 e. The van der Waals surface area contributed by atoms with Crippen molar-refractivity contribution in [1.82, 2.24) is 9.55 Å². The number of halogens is 3. The fraction of sp³-hybridized carbons (Fsp3) is 0.136. The van der Waals surface area contributed by atoms with Gasteiger partial charge in [0.2, 0.25) is 0 Å². The molecule has 4 rings (SSSR count). The van der Waals surface area contributed by atoms with Crippen molar-refractivity contribution in [2.75, 3.05) is 0 Å². The quantitative estimate of drug-likeness (QED) is 0.427. The molecular formula is C22H17F3N2O2. The maximum atomic E-state index is 12.4. The fourth-order valence-corrected chi connectivity index (χ4v) is 3.06. The molecule has 148 valence electrons. The first-order valence-corrected chi connectivity index (χ1v) is 8.95. The lowest BCUT2D eigenvalue weighted by atomic mass is 10.2. The van der Waals surface area contributed by atoms with E-state index < -0.39 is 6.36 Å². The number of alkyl halides is 3. The van der Waals surface area contributed by atoms with Crippen LogP contribution in [0.15, 0.2) is 78.9 Å². The highest BCUT2D eigenvalue weighted by Crippen LogP contribution is 2.24. The molecule has 0 atom stereocenters. The van der Waals surface area contributed by atoms with E-state index in [-0.39, 0.29) is 12.4 Å². The van der Waals surface area contributed by atoms with E-state index in [0.717, 1.165) is 28.2 Å². The summed E-state index contributed by atoms with van der Waals surface area (Å²) < 4.78 is 48.8. The molecule has 0 spiro atoms. The van der Waals surface area contributed by atoms with Crippen molar-refractivity contribution in [3.05, 3.63) is 90.3 Å². The summed E-state index contributed by atoms with van der Waals surface area (Å²) in [5, 5.41) is 0. The van der Waals surface area contributed by atoms with Crippen LogP contribution in [-0.2, 0) is 13.2 Å². The highest BCUT2D eigenvalue weighted by molar-refractivity contribution is 5.76. The van der Waals surface area contributed by atoms with Crippen molar-refractivity contribution in [2.45, 2.75) is 19.5 Å². The summed E-state index contributed by atoms with van der Waals surface area (Å²) in [4.78, 5) is 4.65. The van der Waals surface area contributed by atoms with Gasteiger partial charge in [0.05, 0.1) is 11.0 Å². The van der Waals surface area contributed by atoms with Gasteiger partial charge in [-0.2, -0.15) is 0 Å². The summed E-state index contributed by atoms with van der Waals surface area (Å²) in [6, 6.07) is 23.0. The van der Waals surface area contributed by atoms with Gasteiger partial charge in [0.25, 0.3) is 0 Å². The van der Waals surface area contributed by atoms with E-state index in [0.29, 0.717) is 6.54 Å². The highest BCUT2D eigenvalue weighted by atomic mass is 19.4. The molecule has 0 aliphatic heterocycles. The number of hydrogen-bond donors (Lipinski definition) is 0. The molecule has 4 aromatic rings. The van der Waals surface area contributed by atoms with E-state index in [4.69, 9.17) is 4.74 Å². The summed E-state index contributed by atoms with van der Waals surface area (Å²) >= 11 is 0. The van der Waals surface area contributed by atoms with Crippen molar-refractivity contribution >= 4 is 11.0 Å². The minimum absolute atomic E-state index is 0.246. The number of hydrogen-bond acceptors (Lipinski definition) is 3. The summed E-state index contributed by atoms with van der Waals surface area (Å²) in [5.74, 6) is 1.22. The molecule has 0 amide bonds. The van der Waals surface area contributed by atoms with Gasteiger partial charge in [-0.1, -0.05) is 42.5 Å². The van der Waals surface area contributed by atoms with Gasteiger partial charge < -0.3 is 14.0 Å². The Morgan fingerprint density at radius 2 is 1.48 bits per heavy atom. The van der Waals surface area contributed by atoms with E-state index in [2.05, 4.69) is 9.72 Å². The van der Waals surface area contributed by atoms with Crippen LogP contribution < -0.4 is 9.47 Å². The molecule has 1 aromatic heterocycles. The lowest BCUT2D eigenvalue weighted by Crippen LogP contribution is -2.17. The number of benzene rings is 3. The predicted octanol–water partition coefficient (Wildman–Crippen LogP) is 5.56. The third-order valence-corrected chi connectivity index (χ3v) is 4.34. The summed E-state index contributed by atoms with van der Waals surface area (Å²) in [6.07, 6.45) is -4.70. The average Bonchev–Trinajstić information content (AvgIpc) is 3.05. The predicted molar refractivity (Wildman–Crippen MR) is 103 cm³/mol. The molecule has 3 aromatic carbocycles. The van der Waals surface area contributed by atoms with Crippen LogP contribution in [0.4, 0.5) is 13.2 Å². The number of ether oxygens (including phenoxy) is 2. The number of nitrogens with zero attached hydrogens (tertiary/aromatic N) is 2. The Morgan fingerprint density at radius 1 is 0.793 bits per heavy atom. The van der Waals surface area contributed by atoms with Crippen LogP contribution in [0.25, 0.3) is 11.0 Å². The maximum Gasteiger partial charge on any atom is 0.573 e. The Bertz CT molecular complexity index is 1090. The Balaban J connectivity index is 1.58. The van der Waals surface area contributed by atoms with E-state index in [1.165, 1.54) is 12.1 Å². The van der Waals surface area contributed by atoms with E-state index >= 15 is 0 Å². The van der Waals surface area contributed by atoms with Crippen molar-refractivity contribution in [3.8, 4) is 11.5 Å². The molecule has 7 heteroatoms. The van der Waals surface area contributed by atoms with Gasteiger partial charge in [0.1, 0.15) is 23.9 Å². The third-order valence-electron chi connectivity index (χ3n) is 4.34. The van der Waals surface area contributed by atoms with Crippen LogP contribution in [0.3, 0.4) is 0 Å². The number of imidazole rings is 1. The summed E-state index contributed by atoms with van der Waals surface area (Å²) in [6.45, 7) is 0.717. The average molecular weight is 398 g/mol. The van der Waals surface area contributed by atoms with Crippen molar-refractivity contribution in [1.29, 1.82) is 0 Å². The van der Waals surface area contributed by atoms with E-state index in [1.54, 1.807) is 12.1 Å². The molecule has 0 fully saturated rings. The Labute approximate surface area is 165 Å². The molecule has 0 saturated carbocycles. The topological polar surface area (TPSA) is 36.3 Å². The molecule has 0 N–H and O–H groups in total. The molecule has 0 saturated heterocycles. The molecule has 0 bridgehead atoms. The molecule has 1 heterocycles. The number of rotatable bonds is 6. The number of para-hydroxylation sites is 3. The largest absolute Gasteiger partial charge is 0.573 e. The lowest BCUT2D eigenvalue weighted by Gasteiger charge is -2.12. The standard InChI is InChI=1S/C22H17F3N2O2/c23-22(24,25)29-18-12-10-16(11-13-18)14-27-20-9-5-4-8-19(20)26-21(27)15-28-17-6-2-1-3-7-17/h1-13H,14-15H2. The van der Waals surface area contributed by atoms with E-state index in [9.17, 15) is 13.2 Å². The molecule has 0 unspecified atom stereocenters. The third kappa shape index (κ3) is 4.68. The van der Waals surface area contributed by atoms with Crippen LogP contribution in [0, 0.1) is 0 Å². The molecule has 0 aliphatic carbocycles. The lowest BCUT2D eigenvalue weighted by molar-refractivity contribution is -0.274. The van der Waals surface area contributed by atoms with Gasteiger partial charge in [-0.15, -0.1) is 13.2 Å². The van der Waals surface area contributed by atoms with Crippen LogP contribution in [-0.4, -0.2) is 15.9 Å². The number of aromatic nitrogens is 2. The Kier molecular flexibility index (Phi) is 5.12. The molecule has 4 nitrogen and oxygen atoms in total. The van der Waals surface area contributed by atoms with Crippen LogP contribution in [0.2, 0.25) is 0 Å². The van der Waals surface area contributed by atoms with Gasteiger partial charge in [-0.05, 0) is 42.0 Å². The normalized spacial score (nSPS) is 11.6. The summed E-state index contributed by atoms with van der Waals surface area (Å²) in [5.41, 5.74) is 2.58. The zero-order valence-corrected chi connectivity index (χ0v) is 15.3. The zero-order chi connectivity index (χ0) is 20.3. The molecule has 29 heavy (non-hydrogen) atoms. The van der Waals surface area contributed by atoms with Gasteiger partial charge in [-0.3, -0.25) is 0 Å². The van der Waals surface area contributed by atoms with Crippen molar-refractivity contribution in [2.24, 2.45) is 0 Å². The Morgan fingerprint density at radius 3 is 2.21 bits per heavy atom. The first-order valence-electron chi connectivity index (χ1n) is 8.95. The second kappa shape index (κ2) is 7.87. The van der Waals surface area contributed by atoms with Gasteiger partial charge in [0, 0.05) is 6.54 Å². The van der Waals surface area contributed by atoms with Crippen molar-refractivity contribution in [3.63, 3.8) is 0 Å². The Hall–Kier alpha value is -3.48. The first kappa shape index (κ1) is 18.9. The summed E-state index contributed by atoms with van der Waals surface area (Å²) in [7, 11) is 0. The van der Waals surface area contributed by atoms with Crippen LogP contribution >= 0.6 is 0 Å². The minimum atomic E-state index is -4.70. The van der Waals surface area contributed by atoms with Gasteiger partial charge >= 0.3 is 6.36 Å². The maximum absolute atomic E-state index is 12.4. The van der Waals surface area contributed by atoms with Gasteiger partial charge in [0.15, 0.2) is 0 Å². The van der Waals surface area contributed by atoms with Crippen molar-refractivity contribution < 1.29 is 22.6 Å². The fourth-order valence-electron chi connectivity index (χ4n) is 3.06. The number of fused-ring (bicyclic) bond motifs is 1. The molecular weight excluding hydrogens is 381 g/mol. The molecule has 0 radical (unpaired) electrons. The van der Waals surface area contributed by atoms with E-state index in [1.807, 2.05) is 59.2 Å². The van der Waals surface area contributed by atoms with Crippen LogP contribution in [0.5, 0.6) is 11.5 Å². The second-order valence-corrected chi connectivity index (χ2v) is 6.40. The van der Waals surface area contributed by atoms with Gasteiger partial charge in [-0.25, -0.2) is 4.98 Å². The first-order chi connectivity index (χ1) is 14.0. The monoisotopic (exact) mass is 398 g/mol. The SMILES string of the molecule is FC(F)(F)Oc1ccc(Cn2c(COc3ccccc3)nc3ccccc32)cc1. The zero-order valence-electron chi connectivity index (χ0n) is 15.3.